The van der Waals surface area contributed by atoms with Crippen LogP contribution in [0, 0.1) is 0 Å². The van der Waals surface area contributed by atoms with Gasteiger partial charge in [0, 0.05) is 53.9 Å². The molecule has 6 rings (SSSR count). The molecule has 10 heteroatoms. The van der Waals surface area contributed by atoms with Crippen molar-refractivity contribution in [3.63, 3.8) is 0 Å². The number of anilines is 1. The molecule has 0 bridgehead atoms. The Kier molecular flexibility index (Phi) is 5.86. The number of nitrogens with one attached hydrogen (secondary N) is 1. The third-order valence-electron chi connectivity index (χ3n) is 6.08. The molecule has 0 spiro atoms. The topological polar surface area (TPSA) is 99.9 Å². The molecule has 1 fully saturated rings. The van der Waals surface area contributed by atoms with Crippen molar-refractivity contribution in [3.05, 3.63) is 54.4 Å². The number of fused-ring (bicyclic) bond motifs is 2. The maximum absolute atomic E-state index is 5.81. The van der Waals surface area contributed by atoms with Crippen molar-refractivity contribution < 1.29 is 9.47 Å². The molecule has 33 heavy (non-hydrogen) atoms. The van der Waals surface area contributed by atoms with Gasteiger partial charge in [-0.15, -0.1) is 0 Å². The summed E-state index contributed by atoms with van der Waals surface area (Å²) in [6.45, 7) is 4.99. The zero-order valence-corrected chi connectivity index (χ0v) is 19.2. The zero-order chi connectivity index (χ0) is 21.5. The van der Waals surface area contributed by atoms with E-state index >= 15 is 0 Å². The van der Waals surface area contributed by atoms with Gasteiger partial charge in [-0.25, -0.2) is 19.6 Å². The summed E-state index contributed by atoms with van der Waals surface area (Å²) in [4.78, 5) is 17.9. The van der Waals surface area contributed by atoms with E-state index in [1.54, 1.807) is 6.33 Å². The lowest BCUT2D eigenvalue weighted by molar-refractivity contribution is -0.0269. The molecule has 0 saturated carbocycles. The van der Waals surface area contributed by atoms with Crippen LogP contribution in [0.2, 0.25) is 0 Å². The highest BCUT2D eigenvalue weighted by molar-refractivity contribution is 7.59. The first-order chi connectivity index (χ1) is 15.8. The molecule has 6 heterocycles. The average Bonchev–Trinajstić information content (AvgIpc) is 3.43. The second kappa shape index (κ2) is 8.95. The van der Waals surface area contributed by atoms with Crippen LogP contribution in [0.5, 0.6) is 5.75 Å². The first-order valence-electron chi connectivity index (χ1n) is 10.8. The molecule has 2 aliphatic rings. The summed E-state index contributed by atoms with van der Waals surface area (Å²) in [5, 5.41) is 8.91. The summed E-state index contributed by atoms with van der Waals surface area (Å²) < 4.78 is 13.0. The van der Waals surface area contributed by atoms with Gasteiger partial charge in [0.05, 0.1) is 37.4 Å². The molecule has 0 amide bonds. The molecular formula is C23H25N7O2S. The van der Waals surface area contributed by atoms with E-state index in [1.165, 1.54) is 5.56 Å². The Labute approximate surface area is 198 Å². The van der Waals surface area contributed by atoms with Crippen molar-refractivity contribution in [1.82, 2.24) is 29.7 Å². The molecule has 1 saturated heterocycles. The van der Waals surface area contributed by atoms with Crippen LogP contribution in [0.1, 0.15) is 30.1 Å². The van der Waals surface area contributed by atoms with Gasteiger partial charge in [-0.1, -0.05) is 6.92 Å². The van der Waals surface area contributed by atoms with Crippen molar-refractivity contribution in [2.75, 3.05) is 31.7 Å². The summed E-state index contributed by atoms with van der Waals surface area (Å²) in [7, 11) is 0. The molecule has 1 atom stereocenters. The van der Waals surface area contributed by atoms with E-state index in [0.29, 0.717) is 19.8 Å². The Bertz CT molecular complexity index is 1290. The summed E-state index contributed by atoms with van der Waals surface area (Å²) in [5.41, 5.74) is 4.85. The average molecular weight is 464 g/mol. The van der Waals surface area contributed by atoms with Crippen molar-refractivity contribution >= 4 is 30.3 Å². The van der Waals surface area contributed by atoms with Gasteiger partial charge in [0.25, 0.3) is 0 Å². The SMILES string of the molecule is C[C@H](CNc1cc(-c2cnc3c(cnn3C3COC3)c2)ncn1)c1ccnc2c1OCC2.S. The number of rotatable bonds is 6. The van der Waals surface area contributed by atoms with Gasteiger partial charge in [0.2, 0.25) is 0 Å². The van der Waals surface area contributed by atoms with Gasteiger partial charge in [0.15, 0.2) is 5.65 Å². The number of ether oxygens (including phenoxy) is 2. The van der Waals surface area contributed by atoms with Gasteiger partial charge in [-0.2, -0.15) is 18.6 Å². The van der Waals surface area contributed by atoms with Crippen molar-refractivity contribution in [3.8, 4) is 17.0 Å². The minimum Gasteiger partial charge on any atom is -0.491 e. The van der Waals surface area contributed by atoms with Crippen molar-refractivity contribution in [1.29, 1.82) is 0 Å². The Morgan fingerprint density at radius 1 is 1.15 bits per heavy atom. The lowest BCUT2D eigenvalue weighted by Gasteiger charge is -2.26. The predicted octanol–water partition coefficient (Wildman–Crippen LogP) is 3.12. The zero-order valence-electron chi connectivity index (χ0n) is 18.2. The molecule has 0 unspecified atom stereocenters. The first kappa shape index (κ1) is 21.6. The normalized spacial score (nSPS) is 15.9. The second-order valence-electron chi connectivity index (χ2n) is 8.26. The quantitative estimate of drug-likeness (QED) is 0.466. The fourth-order valence-electron chi connectivity index (χ4n) is 4.18. The smallest absolute Gasteiger partial charge is 0.158 e. The van der Waals surface area contributed by atoms with Crippen molar-refractivity contribution in [2.45, 2.75) is 25.3 Å². The molecular weight excluding hydrogens is 438 g/mol. The van der Waals surface area contributed by atoms with Crippen LogP contribution in [-0.2, 0) is 11.2 Å². The summed E-state index contributed by atoms with van der Waals surface area (Å²) in [6.07, 6.45) is 8.01. The van der Waals surface area contributed by atoms with Gasteiger partial charge >= 0.3 is 0 Å². The predicted molar refractivity (Wildman–Crippen MR) is 129 cm³/mol. The van der Waals surface area contributed by atoms with Gasteiger partial charge in [-0.3, -0.25) is 4.98 Å². The lowest BCUT2D eigenvalue weighted by atomic mass is 10.00. The van der Waals surface area contributed by atoms with E-state index in [4.69, 9.17) is 9.47 Å². The molecule has 4 aromatic rings. The largest absolute Gasteiger partial charge is 0.491 e. The van der Waals surface area contributed by atoms with Crippen LogP contribution >= 0.6 is 13.5 Å². The van der Waals surface area contributed by atoms with E-state index in [9.17, 15) is 0 Å². The van der Waals surface area contributed by atoms with E-state index in [1.807, 2.05) is 35.4 Å². The Hall–Kier alpha value is -3.24. The maximum Gasteiger partial charge on any atom is 0.158 e. The molecule has 9 nitrogen and oxygen atoms in total. The summed E-state index contributed by atoms with van der Waals surface area (Å²) >= 11 is 0. The Morgan fingerprint density at radius 3 is 2.91 bits per heavy atom. The number of hydrogen-bond donors (Lipinski definition) is 1. The van der Waals surface area contributed by atoms with Crippen LogP contribution in [0.15, 0.2) is 43.1 Å². The standard InChI is InChI=1S/C23H23N7O2.H2S/c1-14(18-2-4-24-19-3-5-32-22(18)19)8-25-21-7-20(27-13-28-21)15-6-16-10-29-30(17-11-31-12-17)23(16)26-9-15;/h2,4,6-7,9-10,13-14,17H,3,5,8,11-12H2,1H3,(H,25,27,28);1H2/t14-;/m1./s1. The van der Waals surface area contributed by atoms with Crippen LogP contribution in [-0.4, -0.2) is 56.1 Å². The highest BCUT2D eigenvalue weighted by atomic mass is 32.1. The Balaban J connectivity index is 0.00000228. The number of hydrogen-bond acceptors (Lipinski definition) is 8. The van der Waals surface area contributed by atoms with E-state index in [0.717, 1.165) is 52.5 Å². The van der Waals surface area contributed by atoms with Gasteiger partial charge < -0.3 is 14.8 Å². The number of nitrogens with zero attached hydrogens (tertiary/aromatic N) is 6. The highest BCUT2D eigenvalue weighted by Crippen LogP contribution is 2.33. The lowest BCUT2D eigenvalue weighted by Crippen LogP contribution is -2.31. The molecule has 170 valence electrons. The first-order valence-corrected chi connectivity index (χ1v) is 10.8. The Morgan fingerprint density at radius 2 is 2.06 bits per heavy atom. The number of aromatic nitrogens is 6. The van der Waals surface area contributed by atoms with Gasteiger partial charge in [-0.05, 0) is 12.1 Å². The molecule has 0 radical (unpaired) electrons. The minimum absolute atomic E-state index is 0. The van der Waals surface area contributed by atoms with Crippen LogP contribution in [0.25, 0.3) is 22.3 Å². The monoisotopic (exact) mass is 463 g/mol. The third-order valence-corrected chi connectivity index (χ3v) is 6.08. The molecule has 2 aliphatic heterocycles. The fraction of sp³-hybridized carbons (Fsp3) is 0.348. The molecule has 0 aliphatic carbocycles. The van der Waals surface area contributed by atoms with Crippen LogP contribution in [0.4, 0.5) is 5.82 Å². The van der Waals surface area contributed by atoms with Crippen LogP contribution in [0.3, 0.4) is 0 Å². The van der Waals surface area contributed by atoms with Gasteiger partial charge in [0.1, 0.15) is 23.9 Å². The highest BCUT2D eigenvalue weighted by Gasteiger charge is 2.24. The molecule has 1 N–H and O–H groups in total. The second-order valence-corrected chi connectivity index (χ2v) is 8.26. The molecule has 4 aromatic heterocycles. The van der Waals surface area contributed by atoms with Crippen molar-refractivity contribution in [2.24, 2.45) is 0 Å². The van der Waals surface area contributed by atoms with E-state index < -0.39 is 0 Å². The number of pyridine rings is 2. The fourth-order valence-corrected chi connectivity index (χ4v) is 4.18. The summed E-state index contributed by atoms with van der Waals surface area (Å²) in [5.74, 6) is 1.97. The minimum atomic E-state index is 0. The third kappa shape index (κ3) is 4.00. The maximum atomic E-state index is 5.81. The van der Waals surface area contributed by atoms with Crippen LogP contribution < -0.4 is 10.1 Å². The molecule has 0 aromatic carbocycles. The van der Waals surface area contributed by atoms with E-state index in [-0.39, 0.29) is 25.5 Å². The summed E-state index contributed by atoms with van der Waals surface area (Å²) in [6, 6.07) is 6.33. The van der Waals surface area contributed by atoms with E-state index in [2.05, 4.69) is 43.3 Å².